The summed E-state index contributed by atoms with van der Waals surface area (Å²) in [6.45, 7) is 4.85. The molecule has 3 N–H and O–H groups in total. The summed E-state index contributed by atoms with van der Waals surface area (Å²) in [5.41, 5.74) is -0.613. The summed E-state index contributed by atoms with van der Waals surface area (Å²) in [6.07, 6.45) is -2.29. The molecular formula is C21H23F3N6O4S. The highest BCUT2D eigenvalue weighted by Gasteiger charge is 2.35. The van der Waals surface area contributed by atoms with Crippen LogP contribution in [0.3, 0.4) is 0 Å². The summed E-state index contributed by atoms with van der Waals surface area (Å²) >= 11 is 0. The van der Waals surface area contributed by atoms with Crippen molar-refractivity contribution in [2.24, 2.45) is 0 Å². The molecule has 3 heterocycles. The maximum absolute atomic E-state index is 13.5. The van der Waals surface area contributed by atoms with Crippen LogP contribution in [0.25, 0.3) is 11.0 Å². The summed E-state index contributed by atoms with van der Waals surface area (Å²) in [6, 6.07) is 4.24. The van der Waals surface area contributed by atoms with Gasteiger partial charge in [0.15, 0.2) is 0 Å². The average Bonchev–Trinajstić information content (AvgIpc) is 3.28. The first-order valence-electron chi connectivity index (χ1n) is 10.5. The van der Waals surface area contributed by atoms with Crippen molar-refractivity contribution in [3.8, 4) is 5.75 Å². The smallest absolute Gasteiger partial charge is 0.418 e. The average molecular weight is 513 g/mol. The van der Waals surface area contributed by atoms with E-state index in [1.165, 1.54) is 35.7 Å². The Hall–Kier alpha value is -3.36. The number of hydrogen-bond donors (Lipinski definition) is 3. The molecule has 0 amide bonds. The molecule has 0 atom stereocenters. The molecule has 1 fully saturated rings. The fourth-order valence-corrected chi connectivity index (χ4v) is 5.02. The maximum atomic E-state index is 13.5. The number of sulfonamides is 1. The van der Waals surface area contributed by atoms with Crippen LogP contribution in [0.4, 0.5) is 30.6 Å². The summed E-state index contributed by atoms with van der Waals surface area (Å²) in [4.78, 5) is 10.9. The maximum Gasteiger partial charge on any atom is 0.418 e. The minimum Gasteiger partial charge on any atom is -0.495 e. The number of anilines is 3. The minimum atomic E-state index is -4.60. The van der Waals surface area contributed by atoms with Gasteiger partial charge in [-0.25, -0.2) is 8.42 Å². The Morgan fingerprint density at radius 1 is 1.29 bits per heavy atom. The predicted molar refractivity (Wildman–Crippen MR) is 123 cm³/mol. The van der Waals surface area contributed by atoms with Crippen molar-refractivity contribution in [3.05, 3.63) is 42.6 Å². The number of morpholine rings is 1. The molecule has 1 saturated heterocycles. The van der Waals surface area contributed by atoms with E-state index in [2.05, 4.69) is 32.2 Å². The number of aromatic nitrogens is 3. The monoisotopic (exact) mass is 512 g/mol. The predicted octanol–water partition coefficient (Wildman–Crippen LogP) is 3.35. The van der Waals surface area contributed by atoms with E-state index in [4.69, 9.17) is 9.47 Å². The van der Waals surface area contributed by atoms with Gasteiger partial charge in [0.2, 0.25) is 16.0 Å². The summed E-state index contributed by atoms with van der Waals surface area (Å²) in [5, 5.41) is 5.49. The van der Waals surface area contributed by atoms with Crippen molar-refractivity contribution in [3.63, 3.8) is 0 Å². The van der Waals surface area contributed by atoms with Crippen molar-refractivity contribution in [1.82, 2.24) is 19.3 Å². The lowest BCUT2D eigenvalue weighted by molar-refractivity contribution is -0.136. The molecule has 4 rings (SSSR count). The number of fused-ring (bicyclic) bond motifs is 1. The van der Waals surface area contributed by atoms with Gasteiger partial charge in [-0.2, -0.15) is 27.4 Å². The van der Waals surface area contributed by atoms with Crippen LogP contribution in [-0.2, 0) is 20.9 Å². The molecule has 0 saturated carbocycles. The Bertz CT molecular complexity index is 1340. The van der Waals surface area contributed by atoms with E-state index in [-0.39, 0.29) is 53.1 Å². The van der Waals surface area contributed by atoms with Gasteiger partial charge in [0.25, 0.3) is 0 Å². The fourth-order valence-electron chi connectivity index (χ4n) is 3.60. The zero-order valence-corrected chi connectivity index (χ0v) is 19.5. The number of aromatic amines is 1. The molecule has 10 nitrogen and oxygen atoms in total. The van der Waals surface area contributed by atoms with Gasteiger partial charge < -0.3 is 25.1 Å². The second kappa shape index (κ2) is 9.71. The van der Waals surface area contributed by atoms with Crippen molar-refractivity contribution >= 4 is 38.5 Å². The number of rotatable bonds is 8. The van der Waals surface area contributed by atoms with Crippen LogP contribution in [-0.4, -0.2) is 67.6 Å². The van der Waals surface area contributed by atoms with Crippen LogP contribution >= 0.6 is 0 Å². The molecule has 1 aliphatic heterocycles. The van der Waals surface area contributed by atoms with Gasteiger partial charge in [-0.15, -0.1) is 6.58 Å². The number of ether oxygens (including phenoxy) is 2. The number of methoxy groups -OCH3 is 1. The van der Waals surface area contributed by atoms with Crippen LogP contribution in [0.2, 0.25) is 0 Å². The summed E-state index contributed by atoms with van der Waals surface area (Å²) < 4.78 is 78.2. The Labute approximate surface area is 199 Å². The normalized spacial score (nSPS) is 15.2. The van der Waals surface area contributed by atoms with Crippen LogP contribution in [0.15, 0.2) is 41.9 Å². The highest BCUT2D eigenvalue weighted by molar-refractivity contribution is 7.89. The van der Waals surface area contributed by atoms with Crippen molar-refractivity contribution < 1.29 is 31.1 Å². The molecule has 188 valence electrons. The SMILES string of the molecule is C=CCNc1nc(Nc2ccc(S(=O)(=O)N3CCOCC3)cc2OC)nc2[nH]cc(C(F)(F)F)c12. The molecule has 3 aromatic rings. The van der Waals surface area contributed by atoms with Crippen LogP contribution < -0.4 is 15.4 Å². The lowest BCUT2D eigenvalue weighted by Crippen LogP contribution is -2.40. The Morgan fingerprint density at radius 3 is 2.69 bits per heavy atom. The number of nitrogens with zero attached hydrogens (tertiary/aromatic N) is 3. The second-order valence-electron chi connectivity index (χ2n) is 7.49. The molecule has 35 heavy (non-hydrogen) atoms. The van der Waals surface area contributed by atoms with E-state index < -0.39 is 21.8 Å². The van der Waals surface area contributed by atoms with E-state index in [1.54, 1.807) is 0 Å². The first-order valence-corrected chi connectivity index (χ1v) is 11.9. The number of halogens is 3. The molecule has 0 unspecified atom stereocenters. The van der Waals surface area contributed by atoms with Gasteiger partial charge >= 0.3 is 6.18 Å². The van der Waals surface area contributed by atoms with Gasteiger partial charge in [0, 0.05) is 31.9 Å². The first kappa shape index (κ1) is 24.8. The first-order chi connectivity index (χ1) is 16.6. The number of benzene rings is 1. The lowest BCUT2D eigenvalue weighted by atomic mass is 10.2. The van der Waals surface area contributed by atoms with E-state index in [9.17, 15) is 21.6 Å². The van der Waals surface area contributed by atoms with E-state index in [1.807, 2.05) is 0 Å². The largest absolute Gasteiger partial charge is 0.495 e. The quantitative estimate of drug-likeness (QED) is 0.393. The summed E-state index contributed by atoms with van der Waals surface area (Å²) in [7, 11) is -2.39. The molecule has 1 aliphatic rings. The van der Waals surface area contributed by atoms with E-state index in [0.717, 1.165) is 6.20 Å². The van der Waals surface area contributed by atoms with E-state index in [0.29, 0.717) is 18.9 Å². The van der Waals surface area contributed by atoms with Crippen LogP contribution in [0.1, 0.15) is 5.56 Å². The Balaban J connectivity index is 1.69. The van der Waals surface area contributed by atoms with Gasteiger partial charge in [-0.05, 0) is 12.1 Å². The van der Waals surface area contributed by atoms with Gasteiger partial charge in [-0.3, -0.25) is 0 Å². The van der Waals surface area contributed by atoms with Crippen molar-refractivity contribution in [2.75, 3.05) is 50.6 Å². The topological polar surface area (TPSA) is 121 Å². The standard InChI is InChI=1S/C21H23F3N6O4S/c1-3-6-25-18-17-14(21(22,23)24)12-26-19(17)29-20(28-18)27-15-5-4-13(11-16(15)33-2)35(31,32)30-7-9-34-10-8-30/h3-5,11-12H,1,6-10H2,2H3,(H3,25,26,27,28,29). The van der Waals surface area contributed by atoms with Crippen molar-refractivity contribution in [2.45, 2.75) is 11.1 Å². The molecule has 0 spiro atoms. The van der Waals surface area contributed by atoms with Gasteiger partial charge in [-0.1, -0.05) is 6.08 Å². The second-order valence-corrected chi connectivity index (χ2v) is 9.43. The fraction of sp³-hybridized carbons (Fsp3) is 0.333. The number of nitrogens with one attached hydrogen (secondary N) is 3. The third kappa shape index (κ3) is 5.04. The molecule has 14 heteroatoms. The van der Waals surface area contributed by atoms with E-state index >= 15 is 0 Å². The highest BCUT2D eigenvalue weighted by atomic mass is 32.2. The Morgan fingerprint density at radius 2 is 2.03 bits per heavy atom. The third-order valence-electron chi connectivity index (χ3n) is 5.28. The molecule has 1 aromatic carbocycles. The van der Waals surface area contributed by atoms with Crippen molar-refractivity contribution in [1.29, 1.82) is 0 Å². The molecule has 0 radical (unpaired) electrons. The zero-order valence-electron chi connectivity index (χ0n) is 18.6. The molecule has 2 aromatic heterocycles. The van der Waals surface area contributed by atoms with Crippen LogP contribution in [0.5, 0.6) is 5.75 Å². The third-order valence-corrected chi connectivity index (χ3v) is 7.17. The Kier molecular flexibility index (Phi) is 6.87. The number of H-pyrrole nitrogens is 1. The summed E-state index contributed by atoms with van der Waals surface area (Å²) in [5.74, 6) is 0.115. The lowest BCUT2D eigenvalue weighted by Gasteiger charge is -2.26. The molecular weight excluding hydrogens is 489 g/mol. The highest BCUT2D eigenvalue weighted by Crippen LogP contribution is 2.38. The molecule has 0 aliphatic carbocycles. The number of alkyl halides is 3. The van der Waals surface area contributed by atoms with Gasteiger partial charge in [0.1, 0.15) is 17.2 Å². The van der Waals surface area contributed by atoms with Gasteiger partial charge in [0.05, 0.1) is 41.9 Å². The molecule has 0 bridgehead atoms. The number of hydrogen-bond acceptors (Lipinski definition) is 8. The van der Waals surface area contributed by atoms with Crippen LogP contribution in [0, 0.1) is 0 Å². The zero-order chi connectivity index (χ0) is 25.2. The minimum absolute atomic E-state index is 0.0262.